The van der Waals surface area contributed by atoms with Crippen molar-refractivity contribution in [1.82, 2.24) is 14.9 Å². The van der Waals surface area contributed by atoms with Crippen LogP contribution in [0.5, 0.6) is 0 Å². The van der Waals surface area contributed by atoms with Crippen molar-refractivity contribution in [2.24, 2.45) is 11.8 Å². The number of amides is 1. The Balaban J connectivity index is 1.68. The van der Waals surface area contributed by atoms with Gasteiger partial charge in [0, 0.05) is 17.5 Å². The minimum atomic E-state index is 0.0385. The molecule has 0 unspecified atom stereocenters. The van der Waals surface area contributed by atoms with Crippen LogP contribution in [0.15, 0.2) is 9.95 Å². The van der Waals surface area contributed by atoms with E-state index in [-0.39, 0.29) is 11.5 Å². The molecule has 4 rings (SSSR count). The van der Waals surface area contributed by atoms with Crippen molar-refractivity contribution >= 4 is 39.2 Å². The van der Waals surface area contributed by atoms with Crippen molar-refractivity contribution in [3.05, 3.63) is 20.8 Å². The van der Waals surface area contributed by atoms with Crippen molar-refractivity contribution in [3.63, 3.8) is 0 Å². The SMILES string of the molecule is CC(C)CCn1c(SCC(=O)NC2CC2)nc2sc3c(c2c1=O)CC[C@H](C)C3. The molecule has 0 saturated heterocycles. The van der Waals surface area contributed by atoms with Gasteiger partial charge < -0.3 is 5.32 Å². The summed E-state index contributed by atoms with van der Waals surface area (Å²) in [5.74, 6) is 1.54. The molecule has 28 heavy (non-hydrogen) atoms. The summed E-state index contributed by atoms with van der Waals surface area (Å²) in [5.41, 5.74) is 1.32. The van der Waals surface area contributed by atoms with Crippen molar-refractivity contribution in [1.29, 1.82) is 0 Å². The standard InChI is InChI=1S/C21H29N3O2S2/c1-12(2)8-9-24-20(26)18-15-7-4-13(3)10-16(15)28-19(18)23-21(24)27-11-17(25)22-14-5-6-14/h12-14H,4-11H2,1-3H3,(H,22,25)/t13-/m0/s1. The highest BCUT2D eigenvalue weighted by atomic mass is 32.2. The third kappa shape index (κ3) is 4.30. The first-order chi connectivity index (χ1) is 13.4. The fourth-order valence-corrected chi connectivity index (χ4v) is 5.99. The van der Waals surface area contributed by atoms with Gasteiger partial charge in [0.2, 0.25) is 5.91 Å². The number of aryl methyl sites for hydroxylation is 1. The van der Waals surface area contributed by atoms with Crippen LogP contribution in [0.4, 0.5) is 0 Å². The number of fused-ring (bicyclic) bond motifs is 3. The van der Waals surface area contributed by atoms with E-state index in [0.29, 0.717) is 35.3 Å². The fourth-order valence-electron chi connectivity index (χ4n) is 3.73. The second-order valence-electron chi connectivity index (χ2n) is 8.70. The fraction of sp³-hybridized carbons (Fsp3) is 0.667. The number of carbonyl (C=O) groups is 1. The zero-order chi connectivity index (χ0) is 19.8. The molecule has 0 aliphatic heterocycles. The predicted molar refractivity (Wildman–Crippen MR) is 116 cm³/mol. The Morgan fingerprint density at radius 2 is 2.14 bits per heavy atom. The lowest BCUT2D eigenvalue weighted by Gasteiger charge is -2.18. The third-order valence-electron chi connectivity index (χ3n) is 5.59. The maximum absolute atomic E-state index is 13.4. The summed E-state index contributed by atoms with van der Waals surface area (Å²) in [6.45, 7) is 7.27. The lowest BCUT2D eigenvalue weighted by Crippen LogP contribution is -2.28. The number of rotatable bonds is 7. The molecule has 0 bridgehead atoms. The highest BCUT2D eigenvalue weighted by Crippen LogP contribution is 2.36. The normalized spacial score (nSPS) is 19.2. The van der Waals surface area contributed by atoms with E-state index < -0.39 is 0 Å². The van der Waals surface area contributed by atoms with Crippen molar-refractivity contribution in [3.8, 4) is 0 Å². The molecule has 1 amide bonds. The van der Waals surface area contributed by atoms with Crippen LogP contribution in [0.2, 0.25) is 0 Å². The van der Waals surface area contributed by atoms with Gasteiger partial charge in [-0.3, -0.25) is 14.2 Å². The topological polar surface area (TPSA) is 64.0 Å². The highest BCUT2D eigenvalue weighted by Gasteiger charge is 2.26. The zero-order valence-electron chi connectivity index (χ0n) is 16.9. The van der Waals surface area contributed by atoms with Crippen LogP contribution in [0.1, 0.15) is 56.9 Å². The number of thioether (sulfide) groups is 1. The van der Waals surface area contributed by atoms with E-state index in [1.807, 2.05) is 4.57 Å². The first-order valence-electron chi connectivity index (χ1n) is 10.4. The van der Waals surface area contributed by atoms with Gasteiger partial charge >= 0.3 is 0 Å². The Labute approximate surface area is 174 Å². The van der Waals surface area contributed by atoms with Crippen LogP contribution in [0, 0.1) is 11.8 Å². The molecule has 1 N–H and O–H groups in total. The first-order valence-corrected chi connectivity index (χ1v) is 12.2. The van der Waals surface area contributed by atoms with E-state index in [0.717, 1.165) is 48.7 Å². The van der Waals surface area contributed by atoms with Gasteiger partial charge in [0.1, 0.15) is 4.83 Å². The van der Waals surface area contributed by atoms with Gasteiger partial charge in [-0.15, -0.1) is 11.3 Å². The molecular formula is C21H29N3O2S2. The Morgan fingerprint density at radius 3 is 2.86 bits per heavy atom. The summed E-state index contributed by atoms with van der Waals surface area (Å²) in [4.78, 5) is 32.6. The number of thiophene rings is 1. The molecule has 7 heteroatoms. The summed E-state index contributed by atoms with van der Waals surface area (Å²) in [7, 11) is 0. The van der Waals surface area contributed by atoms with Gasteiger partial charge in [0.15, 0.2) is 5.16 Å². The van der Waals surface area contributed by atoms with Crippen LogP contribution in [0.25, 0.3) is 10.2 Å². The molecule has 1 fully saturated rings. The van der Waals surface area contributed by atoms with Gasteiger partial charge in [-0.2, -0.15) is 0 Å². The minimum Gasteiger partial charge on any atom is -0.353 e. The monoisotopic (exact) mass is 419 g/mol. The maximum atomic E-state index is 13.4. The number of carbonyl (C=O) groups excluding carboxylic acids is 1. The Kier molecular flexibility index (Phi) is 5.83. The Bertz CT molecular complexity index is 943. The second-order valence-corrected chi connectivity index (χ2v) is 10.7. The van der Waals surface area contributed by atoms with Crippen LogP contribution < -0.4 is 10.9 Å². The van der Waals surface area contributed by atoms with Gasteiger partial charge in [-0.05, 0) is 55.9 Å². The molecule has 0 aromatic carbocycles. The highest BCUT2D eigenvalue weighted by molar-refractivity contribution is 7.99. The van der Waals surface area contributed by atoms with Gasteiger partial charge in [-0.25, -0.2) is 4.98 Å². The zero-order valence-corrected chi connectivity index (χ0v) is 18.5. The summed E-state index contributed by atoms with van der Waals surface area (Å²) in [6.07, 6.45) is 6.26. The Morgan fingerprint density at radius 1 is 1.36 bits per heavy atom. The third-order valence-corrected chi connectivity index (χ3v) is 7.71. The number of aromatic nitrogens is 2. The van der Waals surface area contributed by atoms with E-state index in [2.05, 4.69) is 26.1 Å². The number of nitrogens with one attached hydrogen (secondary N) is 1. The minimum absolute atomic E-state index is 0.0385. The molecule has 5 nitrogen and oxygen atoms in total. The molecular weight excluding hydrogens is 390 g/mol. The number of hydrogen-bond acceptors (Lipinski definition) is 5. The average Bonchev–Trinajstić information content (AvgIpc) is 3.37. The van der Waals surface area contributed by atoms with E-state index in [4.69, 9.17) is 4.98 Å². The summed E-state index contributed by atoms with van der Waals surface area (Å²) >= 11 is 3.08. The van der Waals surface area contributed by atoms with E-state index in [1.165, 1.54) is 22.2 Å². The molecule has 1 saturated carbocycles. The van der Waals surface area contributed by atoms with Crippen LogP contribution in [0.3, 0.4) is 0 Å². The van der Waals surface area contributed by atoms with Crippen molar-refractivity contribution in [2.45, 2.75) is 77.0 Å². The van der Waals surface area contributed by atoms with Crippen LogP contribution in [-0.4, -0.2) is 27.3 Å². The van der Waals surface area contributed by atoms with Crippen molar-refractivity contribution in [2.75, 3.05) is 5.75 Å². The quantitative estimate of drug-likeness (QED) is 0.544. The molecule has 2 aliphatic carbocycles. The predicted octanol–water partition coefficient (Wildman–Crippen LogP) is 4.00. The molecule has 2 heterocycles. The number of hydrogen-bond donors (Lipinski definition) is 1. The van der Waals surface area contributed by atoms with Gasteiger partial charge in [0.05, 0.1) is 11.1 Å². The molecule has 2 aromatic heterocycles. The molecule has 0 spiro atoms. The van der Waals surface area contributed by atoms with Crippen LogP contribution in [-0.2, 0) is 24.2 Å². The van der Waals surface area contributed by atoms with E-state index in [1.54, 1.807) is 11.3 Å². The summed E-state index contributed by atoms with van der Waals surface area (Å²) in [6, 6.07) is 0.359. The molecule has 1 atom stereocenters. The lowest BCUT2D eigenvalue weighted by atomic mass is 9.89. The average molecular weight is 420 g/mol. The second kappa shape index (κ2) is 8.19. The van der Waals surface area contributed by atoms with E-state index in [9.17, 15) is 9.59 Å². The number of nitrogens with zero attached hydrogens (tertiary/aromatic N) is 2. The molecule has 0 radical (unpaired) electrons. The first kappa shape index (κ1) is 20.0. The lowest BCUT2D eigenvalue weighted by molar-refractivity contribution is -0.118. The van der Waals surface area contributed by atoms with Gasteiger partial charge in [-0.1, -0.05) is 32.5 Å². The molecule has 2 aliphatic rings. The van der Waals surface area contributed by atoms with Crippen LogP contribution >= 0.6 is 23.1 Å². The smallest absolute Gasteiger partial charge is 0.263 e. The maximum Gasteiger partial charge on any atom is 0.263 e. The summed E-state index contributed by atoms with van der Waals surface area (Å²) in [5, 5.41) is 4.54. The molecule has 2 aromatic rings. The largest absolute Gasteiger partial charge is 0.353 e. The van der Waals surface area contributed by atoms with Crippen molar-refractivity contribution < 1.29 is 4.79 Å². The van der Waals surface area contributed by atoms with Gasteiger partial charge in [0.25, 0.3) is 5.56 Å². The molecule has 152 valence electrons. The van der Waals surface area contributed by atoms with E-state index >= 15 is 0 Å². The Hall–Kier alpha value is -1.34. The summed E-state index contributed by atoms with van der Waals surface area (Å²) < 4.78 is 1.82.